The first kappa shape index (κ1) is 21.1. The molecule has 1 aromatic carbocycles. The first-order chi connectivity index (χ1) is 13.0. The average molecular weight is 375 g/mol. The lowest BCUT2D eigenvalue weighted by Gasteiger charge is -2.31. The molecular weight excluding hydrogens is 340 g/mol. The van der Waals surface area contributed by atoms with E-state index in [2.05, 4.69) is 27.4 Å². The molecule has 6 heteroatoms. The van der Waals surface area contributed by atoms with Crippen molar-refractivity contribution in [2.24, 2.45) is 16.8 Å². The monoisotopic (exact) mass is 374 g/mol. The maximum Gasteiger partial charge on any atom is 0.239 e. The fourth-order valence-corrected chi connectivity index (χ4v) is 3.54. The Hall–Kier alpha value is -2.24. The van der Waals surface area contributed by atoms with Gasteiger partial charge in [0.2, 0.25) is 5.91 Å². The van der Waals surface area contributed by atoms with Crippen molar-refractivity contribution in [3.05, 3.63) is 29.8 Å². The number of aliphatic imine (C=N–C) groups is 1. The van der Waals surface area contributed by atoms with E-state index in [1.807, 2.05) is 31.3 Å². The summed E-state index contributed by atoms with van der Waals surface area (Å²) in [6.45, 7) is 4.04. The number of hydrogen-bond acceptors (Lipinski definition) is 3. The number of benzene rings is 1. The number of hydrogen-bond donors (Lipinski definition) is 2. The zero-order chi connectivity index (χ0) is 19.6. The molecule has 0 radical (unpaired) electrons. The van der Waals surface area contributed by atoms with Gasteiger partial charge in [0.15, 0.2) is 5.96 Å². The maximum atomic E-state index is 12.1. The summed E-state index contributed by atoms with van der Waals surface area (Å²) in [5, 5.41) is 6.09. The Morgan fingerprint density at radius 2 is 1.85 bits per heavy atom. The molecule has 0 aliphatic heterocycles. The van der Waals surface area contributed by atoms with Gasteiger partial charge in [-0.25, -0.2) is 0 Å². The van der Waals surface area contributed by atoms with Crippen LogP contribution < -0.4 is 15.4 Å². The Bertz CT molecular complexity index is 607. The number of methoxy groups -OCH3 is 1. The van der Waals surface area contributed by atoms with E-state index in [1.54, 1.807) is 14.2 Å². The molecule has 1 saturated carbocycles. The summed E-state index contributed by atoms with van der Waals surface area (Å²) < 4.78 is 5.14. The summed E-state index contributed by atoms with van der Waals surface area (Å²) in [6, 6.07) is 7.68. The molecule has 1 aliphatic rings. The molecule has 0 atom stereocenters. The van der Waals surface area contributed by atoms with Crippen molar-refractivity contribution in [1.29, 1.82) is 0 Å². The third-order valence-corrected chi connectivity index (χ3v) is 5.30. The summed E-state index contributed by atoms with van der Waals surface area (Å²) in [7, 11) is 5.45. The molecule has 0 aromatic heterocycles. The van der Waals surface area contributed by atoms with Crippen molar-refractivity contribution in [2.45, 2.75) is 39.2 Å². The van der Waals surface area contributed by atoms with Gasteiger partial charge in [0.05, 0.1) is 13.7 Å². The van der Waals surface area contributed by atoms with Crippen LogP contribution in [0.15, 0.2) is 29.3 Å². The fourth-order valence-electron chi connectivity index (χ4n) is 3.54. The van der Waals surface area contributed by atoms with Crippen LogP contribution in [0.3, 0.4) is 0 Å². The van der Waals surface area contributed by atoms with E-state index in [1.165, 1.54) is 25.7 Å². The van der Waals surface area contributed by atoms with E-state index >= 15 is 0 Å². The topological polar surface area (TPSA) is 66.0 Å². The Labute approximate surface area is 163 Å². The number of rotatable bonds is 7. The Morgan fingerprint density at radius 1 is 1.19 bits per heavy atom. The minimum absolute atomic E-state index is 0.0492. The summed E-state index contributed by atoms with van der Waals surface area (Å²) in [6.07, 6.45) is 5.20. The number of carbonyl (C=O) groups excluding carboxylic acids is 1. The van der Waals surface area contributed by atoms with E-state index in [4.69, 9.17) is 4.74 Å². The number of nitrogens with zero attached hydrogens (tertiary/aromatic N) is 2. The molecule has 2 N–H and O–H groups in total. The van der Waals surface area contributed by atoms with Crippen molar-refractivity contribution < 1.29 is 9.53 Å². The van der Waals surface area contributed by atoms with Gasteiger partial charge in [-0.05, 0) is 42.4 Å². The lowest BCUT2D eigenvalue weighted by atomic mass is 9.83. The highest BCUT2D eigenvalue weighted by Gasteiger charge is 2.20. The van der Waals surface area contributed by atoms with Gasteiger partial charge in [-0.1, -0.05) is 31.9 Å². The Balaban J connectivity index is 1.71. The third-order valence-electron chi connectivity index (χ3n) is 5.30. The van der Waals surface area contributed by atoms with Gasteiger partial charge >= 0.3 is 0 Å². The maximum absolute atomic E-state index is 12.1. The largest absolute Gasteiger partial charge is 0.497 e. The molecule has 1 aromatic rings. The van der Waals surface area contributed by atoms with Gasteiger partial charge < -0.3 is 20.3 Å². The summed E-state index contributed by atoms with van der Waals surface area (Å²) in [5.74, 6) is 3.11. The molecule has 2 rings (SSSR count). The highest BCUT2D eigenvalue weighted by Crippen LogP contribution is 2.28. The first-order valence-corrected chi connectivity index (χ1v) is 9.83. The van der Waals surface area contributed by atoms with Crippen LogP contribution in [0.4, 0.5) is 0 Å². The van der Waals surface area contributed by atoms with Crippen LogP contribution in [0, 0.1) is 11.8 Å². The molecule has 1 fully saturated rings. The Kier molecular flexibility index (Phi) is 8.43. The van der Waals surface area contributed by atoms with Crippen molar-refractivity contribution in [1.82, 2.24) is 15.5 Å². The number of carbonyl (C=O) groups is 1. The molecule has 1 amide bonds. The van der Waals surface area contributed by atoms with E-state index in [-0.39, 0.29) is 12.5 Å². The predicted molar refractivity (Wildman–Crippen MR) is 110 cm³/mol. The van der Waals surface area contributed by atoms with Crippen LogP contribution in [-0.4, -0.2) is 51.1 Å². The van der Waals surface area contributed by atoms with E-state index in [0.29, 0.717) is 12.5 Å². The van der Waals surface area contributed by atoms with Crippen LogP contribution in [-0.2, 0) is 11.3 Å². The van der Waals surface area contributed by atoms with Crippen molar-refractivity contribution in [3.8, 4) is 5.75 Å². The molecule has 0 saturated heterocycles. The van der Waals surface area contributed by atoms with E-state index in [0.717, 1.165) is 29.7 Å². The normalized spacial score (nSPS) is 20.1. The summed E-state index contributed by atoms with van der Waals surface area (Å²) in [4.78, 5) is 18.6. The highest BCUT2D eigenvalue weighted by molar-refractivity contribution is 5.86. The second-order valence-corrected chi connectivity index (χ2v) is 7.53. The van der Waals surface area contributed by atoms with Gasteiger partial charge in [0, 0.05) is 27.2 Å². The SMILES string of the molecule is CN=C(NCC(=O)NCc1ccc(OC)cc1)N(C)CC1CCC(C)CC1. The first-order valence-electron chi connectivity index (χ1n) is 9.83. The van der Waals surface area contributed by atoms with Gasteiger partial charge in [-0.3, -0.25) is 9.79 Å². The molecule has 1 aliphatic carbocycles. The predicted octanol–water partition coefficient (Wildman–Crippen LogP) is 2.64. The third kappa shape index (κ3) is 7.12. The van der Waals surface area contributed by atoms with Gasteiger partial charge in [0.25, 0.3) is 0 Å². The summed E-state index contributed by atoms with van der Waals surface area (Å²) >= 11 is 0. The van der Waals surface area contributed by atoms with Crippen LogP contribution in [0.2, 0.25) is 0 Å². The lowest BCUT2D eigenvalue weighted by Crippen LogP contribution is -2.45. The highest BCUT2D eigenvalue weighted by atomic mass is 16.5. The van der Waals surface area contributed by atoms with Gasteiger partial charge in [-0.15, -0.1) is 0 Å². The minimum Gasteiger partial charge on any atom is -0.497 e. The average Bonchev–Trinajstić information content (AvgIpc) is 2.69. The fraction of sp³-hybridized carbons (Fsp3) is 0.619. The number of nitrogens with one attached hydrogen (secondary N) is 2. The number of amides is 1. The van der Waals surface area contributed by atoms with E-state index < -0.39 is 0 Å². The molecule has 6 nitrogen and oxygen atoms in total. The van der Waals surface area contributed by atoms with Crippen LogP contribution in [0.5, 0.6) is 5.75 Å². The van der Waals surface area contributed by atoms with Gasteiger partial charge in [-0.2, -0.15) is 0 Å². The van der Waals surface area contributed by atoms with Crippen LogP contribution in [0.1, 0.15) is 38.2 Å². The standard InChI is InChI=1S/C21H34N4O2/c1-16-5-7-18(8-6-16)15-25(3)21(22-2)24-14-20(26)23-13-17-9-11-19(27-4)12-10-17/h9-12,16,18H,5-8,13-15H2,1-4H3,(H,22,24)(H,23,26). The molecule has 27 heavy (non-hydrogen) atoms. The zero-order valence-corrected chi connectivity index (χ0v) is 17.1. The van der Waals surface area contributed by atoms with Crippen LogP contribution >= 0.6 is 0 Å². The molecule has 150 valence electrons. The molecule has 0 bridgehead atoms. The molecule has 0 unspecified atom stereocenters. The molecular formula is C21H34N4O2. The van der Waals surface area contributed by atoms with Crippen molar-refractivity contribution in [2.75, 3.05) is 34.3 Å². The van der Waals surface area contributed by atoms with Crippen molar-refractivity contribution >= 4 is 11.9 Å². The smallest absolute Gasteiger partial charge is 0.239 e. The number of ether oxygens (including phenoxy) is 1. The zero-order valence-electron chi connectivity index (χ0n) is 17.1. The number of guanidine groups is 1. The van der Waals surface area contributed by atoms with Crippen LogP contribution in [0.25, 0.3) is 0 Å². The Morgan fingerprint density at radius 3 is 2.44 bits per heavy atom. The summed E-state index contributed by atoms with van der Waals surface area (Å²) in [5.41, 5.74) is 1.04. The second-order valence-electron chi connectivity index (χ2n) is 7.53. The minimum atomic E-state index is -0.0492. The van der Waals surface area contributed by atoms with Gasteiger partial charge in [0.1, 0.15) is 5.75 Å². The molecule has 0 spiro atoms. The second kappa shape index (κ2) is 10.8. The molecule has 0 heterocycles. The van der Waals surface area contributed by atoms with Crippen molar-refractivity contribution in [3.63, 3.8) is 0 Å². The van der Waals surface area contributed by atoms with E-state index in [9.17, 15) is 4.79 Å². The lowest BCUT2D eigenvalue weighted by molar-refractivity contribution is -0.120. The quantitative estimate of drug-likeness (QED) is 0.569.